The van der Waals surface area contributed by atoms with Gasteiger partial charge in [-0.3, -0.25) is 0 Å². The lowest BCUT2D eigenvalue weighted by molar-refractivity contribution is 0.185. The first-order chi connectivity index (χ1) is 12.6. The number of aromatic nitrogens is 7. The van der Waals surface area contributed by atoms with E-state index < -0.39 is 5.82 Å². The van der Waals surface area contributed by atoms with E-state index in [1.54, 1.807) is 22.8 Å². The van der Waals surface area contributed by atoms with Gasteiger partial charge in [0.1, 0.15) is 17.0 Å². The average molecular weight is 418 g/mol. The van der Waals surface area contributed by atoms with E-state index in [0.717, 1.165) is 10.2 Å². The van der Waals surface area contributed by atoms with E-state index in [4.69, 9.17) is 4.74 Å². The molecule has 0 saturated heterocycles. The monoisotopic (exact) mass is 417 g/mol. The van der Waals surface area contributed by atoms with Gasteiger partial charge < -0.3 is 4.74 Å². The molecule has 1 unspecified atom stereocenters. The van der Waals surface area contributed by atoms with Gasteiger partial charge in [0.15, 0.2) is 17.2 Å². The van der Waals surface area contributed by atoms with Crippen LogP contribution >= 0.6 is 15.9 Å². The molecule has 0 aliphatic rings. The molecule has 0 spiro atoms. The summed E-state index contributed by atoms with van der Waals surface area (Å²) in [5.41, 5.74) is 2.13. The van der Waals surface area contributed by atoms with E-state index in [1.165, 1.54) is 17.1 Å². The fourth-order valence-electron chi connectivity index (χ4n) is 2.53. The molecule has 4 aromatic rings. The topological polar surface area (TPSA) is 83.0 Å². The smallest absolute Gasteiger partial charge is 0.165 e. The van der Waals surface area contributed by atoms with Gasteiger partial charge in [-0.25, -0.2) is 18.6 Å². The van der Waals surface area contributed by atoms with Crippen LogP contribution in [0.3, 0.4) is 0 Å². The van der Waals surface area contributed by atoms with Crippen LogP contribution < -0.4 is 4.74 Å². The molecule has 132 valence electrons. The minimum absolute atomic E-state index is 0.148. The summed E-state index contributed by atoms with van der Waals surface area (Å²) in [5.74, 6) is -0.295. The minimum atomic E-state index is -0.442. The first-order valence-corrected chi connectivity index (χ1v) is 8.57. The van der Waals surface area contributed by atoms with Crippen molar-refractivity contribution in [2.75, 3.05) is 0 Å². The van der Waals surface area contributed by atoms with Crippen LogP contribution in [0.25, 0.3) is 16.9 Å². The number of hydrogen-bond donors (Lipinski definition) is 0. The Balaban J connectivity index is 1.61. The molecule has 26 heavy (non-hydrogen) atoms. The predicted molar refractivity (Wildman–Crippen MR) is 94.0 cm³/mol. The second-order valence-electron chi connectivity index (χ2n) is 5.68. The van der Waals surface area contributed by atoms with Crippen LogP contribution in [0, 0.1) is 5.82 Å². The van der Waals surface area contributed by atoms with E-state index >= 15 is 0 Å². The number of rotatable bonds is 5. The molecule has 8 nitrogen and oxygen atoms in total. The number of imidazole rings is 1. The fourth-order valence-corrected chi connectivity index (χ4v) is 2.90. The van der Waals surface area contributed by atoms with Crippen molar-refractivity contribution in [1.29, 1.82) is 0 Å². The van der Waals surface area contributed by atoms with Crippen LogP contribution in [-0.2, 0) is 6.54 Å². The molecule has 4 rings (SSSR count). The number of tetrazole rings is 1. The van der Waals surface area contributed by atoms with Crippen molar-refractivity contribution in [2.45, 2.75) is 19.6 Å². The van der Waals surface area contributed by atoms with Gasteiger partial charge in [0.05, 0.1) is 18.4 Å². The van der Waals surface area contributed by atoms with E-state index in [9.17, 15) is 4.39 Å². The third-order valence-electron chi connectivity index (χ3n) is 3.71. The highest BCUT2D eigenvalue weighted by atomic mass is 79.9. The first-order valence-electron chi connectivity index (χ1n) is 7.78. The second-order valence-corrected chi connectivity index (χ2v) is 6.49. The Morgan fingerprint density at radius 3 is 2.96 bits per heavy atom. The molecule has 0 saturated carbocycles. The van der Waals surface area contributed by atoms with Crippen LogP contribution in [0.1, 0.15) is 6.92 Å². The zero-order valence-corrected chi connectivity index (χ0v) is 15.2. The Morgan fingerprint density at radius 2 is 2.15 bits per heavy atom. The van der Waals surface area contributed by atoms with Crippen LogP contribution in [0.5, 0.6) is 5.75 Å². The summed E-state index contributed by atoms with van der Waals surface area (Å²) in [4.78, 5) is 4.21. The lowest BCUT2D eigenvalue weighted by Gasteiger charge is -2.15. The van der Waals surface area contributed by atoms with Crippen molar-refractivity contribution in [2.24, 2.45) is 0 Å². The number of ether oxygens (including phenoxy) is 1. The van der Waals surface area contributed by atoms with Crippen molar-refractivity contribution >= 4 is 21.6 Å². The van der Waals surface area contributed by atoms with Gasteiger partial charge in [-0.05, 0) is 63.6 Å². The molecule has 1 aromatic carbocycles. The van der Waals surface area contributed by atoms with E-state index in [2.05, 4.69) is 41.5 Å². The third-order valence-corrected chi connectivity index (χ3v) is 4.25. The SMILES string of the molecule is CC(Cn1cnnn1)Oc1cc(-c2ccc3ncc(Br)n3n2)ccc1F. The highest BCUT2D eigenvalue weighted by Gasteiger charge is 2.13. The molecule has 0 aliphatic heterocycles. The Kier molecular flexibility index (Phi) is 4.33. The molecule has 0 bridgehead atoms. The van der Waals surface area contributed by atoms with Gasteiger partial charge in [0.2, 0.25) is 0 Å². The summed E-state index contributed by atoms with van der Waals surface area (Å²) in [5, 5.41) is 15.4. The molecule has 0 fully saturated rings. The van der Waals surface area contributed by atoms with Crippen molar-refractivity contribution in [3.05, 3.63) is 53.3 Å². The zero-order chi connectivity index (χ0) is 18.1. The summed E-state index contributed by atoms with van der Waals surface area (Å²) in [6, 6.07) is 8.33. The van der Waals surface area contributed by atoms with Gasteiger partial charge in [-0.1, -0.05) is 0 Å². The Labute approximate surface area is 155 Å². The molecule has 0 amide bonds. The standard InChI is InChI=1S/C16H13BrFN7O/c1-10(8-24-9-20-22-23-24)26-14-6-11(2-3-12(14)18)13-4-5-16-19-7-15(17)25(16)21-13/h2-7,9-10H,8H2,1H3. The van der Waals surface area contributed by atoms with Gasteiger partial charge >= 0.3 is 0 Å². The second kappa shape index (κ2) is 6.79. The number of nitrogens with zero attached hydrogens (tertiary/aromatic N) is 7. The molecule has 0 aliphatic carbocycles. The highest BCUT2D eigenvalue weighted by molar-refractivity contribution is 9.10. The average Bonchev–Trinajstić information content (AvgIpc) is 3.27. The molecular weight excluding hydrogens is 405 g/mol. The maximum atomic E-state index is 14.2. The van der Waals surface area contributed by atoms with Gasteiger partial charge in [0.25, 0.3) is 0 Å². The summed E-state index contributed by atoms with van der Waals surface area (Å²) < 4.78 is 23.8. The Morgan fingerprint density at radius 1 is 1.27 bits per heavy atom. The van der Waals surface area contributed by atoms with Crippen molar-refractivity contribution < 1.29 is 9.13 Å². The van der Waals surface area contributed by atoms with E-state index in [1.807, 2.05) is 19.1 Å². The summed E-state index contributed by atoms with van der Waals surface area (Å²) >= 11 is 3.40. The van der Waals surface area contributed by atoms with Crippen molar-refractivity contribution in [1.82, 2.24) is 34.8 Å². The summed E-state index contributed by atoms with van der Waals surface area (Å²) in [6.45, 7) is 2.23. The van der Waals surface area contributed by atoms with Crippen LogP contribution in [-0.4, -0.2) is 40.9 Å². The highest BCUT2D eigenvalue weighted by Crippen LogP contribution is 2.27. The Bertz CT molecular complexity index is 1050. The minimum Gasteiger partial charge on any atom is -0.486 e. The quantitative estimate of drug-likeness (QED) is 0.496. The van der Waals surface area contributed by atoms with E-state index in [0.29, 0.717) is 17.9 Å². The van der Waals surface area contributed by atoms with E-state index in [-0.39, 0.29) is 11.9 Å². The zero-order valence-electron chi connectivity index (χ0n) is 13.6. The van der Waals surface area contributed by atoms with Crippen LogP contribution in [0.2, 0.25) is 0 Å². The van der Waals surface area contributed by atoms with Gasteiger partial charge in [-0.15, -0.1) is 5.10 Å². The van der Waals surface area contributed by atoms with Crippen LogP contribution in [0.4, 0.5) is 4.39 Å². The third kappa shape index (κ3) is 3.27. The molecule has 0 radical (unpaired) electrons. The summed E-state index contributed by atoms with van der Waals surface area (Å²) in [7, 11) is 0. The maximum Gasteiger partial charge on any atom is 0.165 e. The fraction of sp³-hybridized carbons (Fsp3) is 0.188. The normalized spacial score (nSPS) is 12.4. The van der Waals surface area contributed by atoms with Gasteiger partial charge in [0, 0.05) is 5.56 Å². The number of fused-ring (bicyclic) bond motifs is 1. The molecule has 1 atom stereocenters. The van der Waals surface area contributed by atoms with Crippen molar-refractivity contribution in [3.63, 3.8) is 0 Å². The lowest BCUT2D eigenvalue weighted by Crippen LogP contribution is -2.20. The van der Waals surface area contributed by atoms with Crippen LogP contribution in [0.15, 0.2) is 47.5 Å². The largest absolute Gasteiger partial charge is 0.486 e. The molecule has 10 heteroatoms. The number of benzene rings is 1. The molecule has 3 aromatic heterocycles. The lowest BCUT2D eigenvalue weighted by atomic mass is 10.1. The molecular formula is C16H13BrFN7O. The van der Waals surface area contributed by atoms with Gasteiger partial charge in [-0.2, -0.15) is 5.10 Å². The molecule has 0 N–H and O–H groups in total. The first kappa shape index (κ1) is 16.6. The predicted octanol–water partition coefficient (Wildman–Crippen LogP) is 2.75. The molecule has 3 heterocycles. The number of halogens is 2. The van der Waals surface area contributed by atoms with Crippen molar-refractivity contribution in [3.8, 4) is 17.0 Å². The maximum absolute atomic E-state index is 14.2. The number of hydrogen-bond acceptors (Lipinski definition) is 6. The Hall–Kier alpha value is -2.88. The summed E-state index contributed by atoms with van der Waals surface area (Å²) in [6.07, 6.45) is 2.84.